The zero-order valence-electron chi connectivity index (χ0n) is 21.2. The van der Waals surface area contributed by atoms with Gasteiger partial charge in [0.2, 0.25) is 0 Å². The summed E-state index contributed by atoms with van der Waals surface area (Å²) in [6, 6.07) is 0. The number of esters is 4. The summed E-state index contributed by atoms with van der Waals surface area (Å²) in [4.78, 5) is 46.5. The Morgan fingerprint density at radius 3 is 0.868 bits per heavy atom. The van der Waals surface area contributed by atoms with E-state index in [-0.39, 0.29) is 83.7 Å². The van der Waals surface area contributed by atoms with Crippen LogP contribution in [-0.4, -0.2) is 135 Å². The average molecular weight is 865 g/mol. The minimum atomic E-state index is -0.207. The first-order chi connectivity index (χ1) is 18.3. The van der Waals surface area contributed by atoms with Crippen LogP contribution in [0.5, 0.6) is 0 Å². The Morgan fingerprint density at radius 1 is 0.474 bits per heavy atom. The number of carbonyl (C=O) groups is 4. The molecule has 212 valence electrons. The molecule has 0 aliphatic carbocycles. The molecule has 2 rings (SSSR count). The van der Waals surface area contributed by atoms with Crippen LogP contribution >= 0.6 is 47.0 Å². The molecule has 0 saturated carbocycles. The van der Waals surface area contributed by atoms with Crippen molar-refractivity contribution in [3.8, 4) is 0 Å². The van der Waals surface area contributed by atoms with Gasteiger partial charge < -0.3 is 0 Å². The van der Waals surface area contributed by atoms with Gasteiger partial charge in [-0.2, -0.15) is 0 Å². The summed E-state index contributed by atoms with van der Waals surface area (Å²) in [6.07, 6.45) is 1.49. The maximum atomic E-state index is 11.6. The summed E-state index contributed by atoms with van der Waals surface area (Å²) in [7, 11) is 5.63. The van der Waals surface area contributed by atoms with Crippen LogP contribution in [0.3, 0.4) is 0 Å². The van der Waals surface area contributed by atoms with E-state index in [1.165, 1.54) is 43.7 Å². The van der Waals surface area contributed by atoms with Gasteiger partial charge in [-0.25, -0.2) is 0 Å². The Labute approximate surface area is 265 Å². The molecule has 0 fully saturated rings. The molecule has 8 nitrogen and oxygen atoms in total. The number of thioether (sulfide) groups is 4. The molecule has 38 heavy (non-hydrogen) atoms. The number of hydrogen-bond acceptors (Lipinski definition) is 12. The molecule has 2 aliphatic rings. The van der Waals surface area contributed by atoms with Gasteiger partial charge in [-0.3, -0.25) is 0 Å². The van der Waals surface area contributed by atoms with E-state index in [0.29, 0.717) is 48.7 Å². The normalized spacial score (nSPS) is 15.3. The van der Waals surface area contributed by atoms with Crippen molar-refractivity contribution in [2.45, 2.75) is 25.7 Å². The molecule has 0 aromatic rings. The molecule has 0 unspecified atom stereocenters. The van der Waals surface area contributed by atoms with Crippen molar-refractivity contribution in [1.29, 1.82) is 0 Å². The third kappa shape index (κ3) is 12.6. The number of hydrogen-bond donors (Lipinski definition) is 0. The van der Waals surface area contributed by atoms with Gasteiger partial charge in [0, 0.05) is 0 Å². The van der Waals surface area contributed by atoms with E-state index >= 15 is 0 Å². The fraction of sp³-hybridized carbons (Fsp3) is 0.545. The van der Waals surface area contributed by atoms with E-state index in [1.807, 2.05) is 0 Å². The zero-order valence-corrected chi connectivity index (χ0v) is 31.3. The van der Waals surface area contributed by atoms with Gasteiger partial charge in [0.1, 0.15) is 0 Å². The van der Waals surface area contributed by atoms with E-state index in [1.54, 1.807) is 53.8 Å². The van der Waals surface area contributed by atoms with E-state index in [0.717, 1.165) is 0 Å². The van der Waals surface area contributed by atoms with Crippen LogP contribution in [0.2, 0.25) is 0 Å². The van der Waals surface area contributed by atoms with Gasteiger partial charge in [0.15, 0.2) is 0 Å². The van der Waals surface area contributed by atoms with Crippen molar-refractivity contribution < 1.29 is 38.1 Å². The molecule has 0 amide bonds. The van der Waals surface area contributed by atoms with Crippen LogP contribution in [0, 0.1) is 0 Å². The van der Waals surface area contributed by atoms with Gasteiger partial charge >= 0.3 is 268 Å². The first kappa shape index (κ1) is 34.8. The second kappa shape index (κ2) is 19.7. The van der Waals surface area contributed by atoms with Gasteiger partial charge in [0.05, 0.1) is 0 Å². The molecule has 0 aromatic heterocycles. The van der Waals surface area contributed by atoms with Crippen molar-refractivity contribution in [3.05, 3.63) is 22.0 Å². The molecular formula is C22H28O8S4Se4. The van der Waals surface area contributed by atoms with E-state index in [9.17, 15) is 19.2 Å². The van der Waals surface area contributed by atoms with Crippen LogP contribution in [0.4, 0.5) is 0 Å². The predicted octanol–water partition coefficient (Wildman–Crippen LogP) is 2.40. The zero-order chi connectivity index (χ0) is 27.9. The van der Waals surface area contributed by atoms with Crippen LogP contribution in [-0.2, 0) is 38.1 Å². The quantitative estimate of drug-likeness (QED) is 0.129. The Bertz CT molecular complexity index is 838. The first-order valence-electron chi connectivity index (χ1n) is 11.0. The van der Waals surface area contributed by atoms with Crippen LogP contribution in [0.15, 0.2) is 22.0 Å². The van der Waals surface area contributed by atoms with E-state index in [2.05, 4.69) is 0 Å². The van der Waals surface area contributed by atoms with Crippen molar-refractivity contribution in [3.63, 3.8) is 0 Å². The van der Waals surface area contributed by atoms with Gasteiger partial charge in [-0.15, -0.1) is 0 Å². The van der Waals surface area contributed by atoms with Crippen molar-refractivity contribution in [2.24, 2.45) is 0 Å². The first-order valence-corrected chi connectivity index (χ1v) is 21.8. The number of carbonyl (C=O) groups excluding carboxylic acids is 4. The van der Waals surface area contributed by atoms with Crippen LogP contribution < -0.4 is 0 Å². The number of ether oxygens (including phenoxy) is 4. The van der Waals surface area contributed by atoms with Crippen molar-refractivity contribution in [1.82, 2.24) is 0 Å². The Hall–Kier alpha value is 0.578. The van der Waals surface area contributed by atoms with Crippen LogP contribution in [0.25, 0.3) is 0 Å². The number of methoxy groups -OCH3 is 4. The molecule has 0 atom stereocenters. The minimum absolute atomic E-state index is 0.207. The summed E-state index contributed by atoms with van der Waals surface area (Å²) >= 11 is 7.81. The summed E-state index contributed by atoms with van der Waals surface area (Å²) in [5, 5.41) is 0. The molecule has 0 aromatic carbocycles. The summed E-state index contributed by atoms with van der Waals surface area (Å²) in [5.41, 5.74) is 0. The third-order valence-corrected chi connectivity index (χ3v) is 28.0. The monoisotopic (exact) mass is 868 g/mol. The second-order valence-electron chi connectivity index (χ2n) is 6.83. The molecular weight excluding hydrogens is 836 g/mol. The molecule has 0 saturated heterocycles. The Balaban J connectivity index is 2.11. The Morgan fingerprint density at radius 2 is 0.684 bits per heavy atom. The van der Waals surface area contributed by atoms with Crippen LogP contribution in [0.1, 0.15) is 25.7 Å². The molecule has 0 bridgehead atoms. The Kier molecular flexibility index (Phi) is 18.0. The standard InChI is InChI=1S/C22H28O8S4Se4/c1-27-13(23)5-9-31-17-18(32-10-6-14(24)28-2)36-21(35-17)22-37-19(33-11-7-15(25)29-3)20(38-22)34-12-8-16(26)30-4/h5-12H2,1-4H3. The molecule has 2 heterocycles. The molecule has 0 radical (unpaired) electrons. The predicted molar refractivity (Wildman–Crippen MR) is 160 cm³/mol. The summed E-state index contributed by atoms with van der Waals surface area (Å²) in [6.45, 7) is 0. The molecule has 0 spiro atoms. The van der Waals surface area contributed by atoms with E-state index < -0.39 is 0 Å². The second-order valence-corrected chi connectivity index (χ2v) is 24.8. The van der Waals surface area contributed by atoms with Gasteiger partial charge in [-0.05, 0) is 0 Å². The average Bonchev–Trinajstić information content (AvgIpc) is 3.52. The molecule has 16 heteroatoms. The summed E-state index contributed by atoms with van der Waals surface area (Å²) in [5.74, 6) is 1.90. The maximum absolute atomic E-state index is 11.6. The molecule has 2 aliphatic heterocycles. The van der Waals surface area contributed by atoms with Crippen molar-refractivity contribution >= 4 is 131 Å². The molecule has 0 N–H and O–H groups in total. The summed E-state index contributed by atoms with van der Waals surface area (Å²) < 4.78 is 27.7. The van der Waals surface area contributed by atoms with Gasteiger partial charge in [-0.1, -0.05) is 0 Å². The SMILES string of the molecule is COC(=O)CCSC1=C(SCCC(=O)OC)[Se]C(=C2[Se]C(SCCC(=O)OC)=C(SCCC(=O)OC)[Se]2)[Se]1. The fourth-order valence-corrected chi connectivity index (χ4v) is 28.7. The van der Waals surface area contributed by atoms with Crippen molar-refractivity contribution in [2.75, 3.05) is 51.5 Å². The topological polar surface area (TPSA) is 105 Å². The fourth-order valence-electron chi connectivity index (χ4n) is 2.38. The van der Waals surface area contributed by atoms with E-state index in [4.69, 9.17) is 18.9 Å². The van der Waals surface area contributed by atoms with Gasteiger partial charge in [0.25, 0.3) is 0 Å². The number of rotatable bonds is 16. The third-order valence-electron chi connectivity index (χ3n) is 4.31.